The van der Waals surface area contributed by atoms with Crippen molar-refractivity contribution in [1.29, 1.82) is 5.26 Å². The highest BCUT2D eigenvalue weighted by Gasteiger charge is 2.23. The summed E-state index contributed by atoms with van der Waals surface area (Å²) < 4.78 is 10.2. The van der Waals surface area contributed by atoms with E-state index in [1.165, 1.54) is 0 Å². The first kappa shape index (κ1) is 8.09. The Morgan fingerprint density at radius 2 is 2.36 bits per heavy atom. The van der Waals surface area contributed by atoms with E-state index in [9.17, 15) is 0 Å². The molecule has 11 heavy (non-hydrogen) atoms. The maximum Gasteiger partial charge on any atom is 0.116 e. The molecular formula is C8H11NO2. The highest BCUT2D eigenvalue weighted by Crippen LogP contribution is 2.12. The predicted molar refractivity (Wildman–Crippen MR) is 39.7 cm³/mol. The summed E-state index contributed by atoms with van der Waals surface area (Å²) in [6, 6.07) is 2.02. The summed E-state index contributed by atoms with van der Waals surface area (Å²) in [7, 11) is 0. The van der Waals surface area contributed by atoms with Crippen LogP contribution in [-0.4, -0.2) is 19.3 Å². The van der Waals surface area contributed by atoms with Crippen LogP contribution in [0.4, 0.5) is 0 Å². The lowest BCUT2D eigenvalue weighted by molar-refractivity contribution is 0.183. The van der Waals surface area contributed by atoms with Crippen LogP contribution in [0.3, 0.4) is 0 Å². The maximum absolute atomic E-state index is 8.47. The van der Waals surface area contributed by atoms with Gasteiger partial charge in [-0.15, -0.1) is 0 Å². The van der Waals surface area contributed by atoms with Gasteiger partial charge in [-0.05, 0) is 13.8 Å². The zero-order valence-electron chi connectivity index (χ0n) is 6.76. The first-order chi connectivity index (χ1) is 5.24. The number of hydrogen-bond acceptors (Lipinski definition) is 3. The SMILES string of the molecule is CC(C#N)=C(C)OCC1CO1. The van der Waals surface area contributed by atoms with E-state index in [4.69, 9.17) is 14.7 Å². The van der Waals surface area contributed by atoms with Gasteiger partial charge in [0.1, 0.15) is 18.5 Å². The molecule has 0 aromatic heterocycles. The van der Waals surface area contributed by atoms with Crippen molar-refractivity contribution >= 4 is 0 Å². The van der Waals surface area contributed by atoms with Crippen molar-refractivity contribution in [2.45, 2.75) is 20.0 Å². The number of epoxide rings is 1. The van der Waals surface area contributed by atoms with Crippen LogP contribution in [0.2, 0.25) is 0 Å². The number of rotatable bonds is 3. The van der Waals surface area contributed by atoms with Gasteiger partial charge in [0.2, 0.25) is 0 Å². The summed E-state index contributed by atoms with van der Waals surface area (Å²) >= 11 is 0. The second kappa shape index (κ2) is 3.40. The van der Waals surface area contributed by atoms with Crippen LogP contribution in [0.25, 0.3) is 0 Å². The van der Waals surface area contributed by atoms with Gasteiger partial charge in [0.15, 0.2) is 0 Å². The Labute approximate surface area is 66.2 Å². The summed E-state index contributed by atoms with van der Waals surface area (Å²) in [6.45, 7) is 4.90. The fraction of sp³-hybridized carbons (Fsp3) is 0.625. The molecule has 0 saturated carbocycles. The minimum atomic E-state index is 0.261. The van der Waals surface area contributed by atoms with Crippen LogP contribution in [0, 0.1) is 11.3 Å². The Balaban J connectivity index is 2.29. The van der Waals surface area contributed by atoms with Gasteiger partial charge in [0.05, 0.1) is 18.2 Å². The van der Waals surface area contributed by atoms with E-state index < -0.39 is 0 Å². The summed E-state index contributed by atoms with van der Waals surface area (Å²) in [5.74, 6) is 0.697. The molecule has 1 aliphatic rings. The Hall–Kier alpha value is -1.01. The Bertz CT molecular complexity index is 211. The lowest BCUT2D eigenvalue weighted by atomic mass is 10.3. The van der Waals surface area contributed by atoms with Crippen LogP contribution >= 0.6 is 0 Å². The second-order valence-corrected chi connectivity index (χ2v) is 2.56. The van der Waals surface area contributed by atoms with Crippen LogP contribution in [0.15, 0.2) is 11.3 Å². The molecule has 0 spiro atoms. The molecule has 0 bridgehead atoms. The van der Waals surface area contributed by atoms with Crippen LogP contribution in [-0.2, 0) is 9.47 Å². The molecule has 0 amide bonds. The molecule has 0 aromatic carbocycles. The Kier molecular flexibility index (Phi) is 2.50. The fourth-order valence-electron chi connectivity index (χ4n) is 0.569. The molecule has 1 unspecified atom stereocenters. The normalized spacial score (nSPS) is 23.5. The molecule has 0 N–H and O–H groups in total. The molecule has 1 heterocycles. The molecule has 0 aliphatic carbocycles. The molecule has 0 aromatic rings. The smallest absolute Gasteiger partial charge is 0.116 e. The van der Waals surface area contributed by atoms with E-state index >= 15 is 0 Å². The third kappa shape index (κ3) is 2.60. The van der Waals surface area contributed by atoms with Crippen molar-refractivity contribution in [2.75, 3.05) is 13.2 Å². The molecule has 3 nitrogen and oxygen atoms in total. The predicted octanol–water partition coefficient (Wildman–Crippen LogP) is 1.22. The first-order valence-electron chi connectivity index (χ1n) is 3.56. The lowest BCUT2D eigenvalue weighted by Crippen LogP contribution is -2.00. The van der Waals surface area contributed by atoms with E-state index in [1.54, 1.807) is 13.8 Å². The van der Waals surface area contributed by atoms with Crippen molar-refractivity contribution in [2.24, 2.45) is 0 Å². The third-order valence-corrected chi connectivity index (χ3v) is 1.58. The average molecular weight is 153 g/mol. The summed E-state index contributed by atoms with van der Waals surface area (Å²) in [5, 5.41) is 8.47. The molecular weight excluding hydrogens is 142 g/mol. The lowest BCUT2D eigenvalue weighted by Gasteiger charge is -2.03. The zero-order chi connectivity index (χ0) is 8.27. The highest BCUT2D eigenvalue weighted by atomic mass is 16.6. The minimum absolute atomic E-state index is 0.261. The molecule has 1 aliphatic heterocycles. The number of nitriles is 1. The fourth-order valence-corrected chi connectivity index (χ4v) is 0.569. The first-order valence-corrected chi connectivity index (χ1v) is 3.56. The van der Waals surface area contributed by atoms with Gasteiger partial charge < -0.3 is 9.47 Å². The summed E-state index contributed by atoms with van der Waals surface area (Å²) in [6.07, 6.45) is 0.261. The van der Waals surface area contributed by atoms with E-state index in [1.807, 2.05) is 6.07 Å². The van der Waals surface area contributed by atoms with Gasteiger partial charge in [-0.25, -0.2) is 0 Å². The number of nitrogens with zero attached hydrogens (tertiary/aromatic N) is 1. The Morgan fingerprint density at radius 3 is 2.82 bits per heavy atom. The minimum Gasteiger partial charge on any atom is -0.494 e. The zero-order valence-corrected chi connectivity index (χ0v) is 6.76. The number of hydrogen-bond donors (Lipinski definition) is 0. The largest absolute Gasteiger partial charge is 0.494 e. The summed E-state index contributed by atoms with van der Waals surface area (Å²) in [5.41, 5.74) is 0.630. The monoisotopic (exact) mass is 153 g/mol. The Morgan fingerprint density at radius 1 is 1.73 bits per heavy atom. The van der Waals surface area contributed by atoms with Gasteiger partial charge in [-0.3, -0.25) is 0 Å². The highest BCUT2D eigenvalue weighted by molar-refractivity contribution is 5.20. The third-order valence-electron chi connectivity index (χ3n) is 1.58. The molecule has 1 atom stereocenters. The number of ether oxygens (including phenoxy) is 2. The molecule has 3 heteroatoms. The van der Waals surface area contributed by atoms with Gasteiger partial charge in [-0.2, -0.15) is 5.26 Å². The van der Waals surface area contributed by atoms with Crippen molar-refractivity contribution in [3.63, 3.8) is 0 Å². The van der Waals surface area contributed by atoms with Crippen molar-refractivity contribution in [1.82, 2.24) is 0 Å². The quantitative estimate of drug-likeness (QED) is 0.348. The molecule has 1 saturated heterocycles. The van der Waals surface area contributed by atoms with E-state index in [0.717, 1.165) is 6.61 Å². The second-order valence-electron chi connectivity index (χ2n) is 2.56. The van der Waals surface area contributed by atoms with E-state index in [-0.39, 0.29) is 6.10 Å². The van der Waals surface area contributed by atoms with E-state index in [2.05, 4.69) is 0 Å². The van der Waals surface area contributed by atoms with Gasteiger partial charge in [0, 0.05) is 0 Å². The molecule has 0 radical (unpaired) electrons. The van der Waals surface area contributed by atoms with Gasteiger partial charge in [-0.1, -0.05) is 0 Å². The van der Waals surface area contributed by atoms with Crippen molar-refractivity contribution in [3.8, 4) is 6.07 Å². The summed E-state index contributed by atoms with van der Waals surface area (Å²) in [4.78, 5) is 0. The van der Waals surface area contributed by atoms with Crippen LogP contribution in [0.5, 0.6) is 0 Å². The topological polar surface area (TPSA) is 45.5 Å². The van der Waals surface area contributed by atoms with Gasteiger partial charge >= 0.3 is 0 Å². The standard InChI is InChI=1S/C8H11NO2/c1-6(3-9)7(2)10-4-8-5-11-8/h8H,4-5H2,1-2H3. The molecule has 1 rings (SSSR count). The van der Waals surface area contributed by atoms with Crippen molar-refractivity contribution < 1.29 is 9.47 Å². The number of allylic oxidation sites excluding steroid dienone is 2. The van der Waals surface area contributed by atoms with Crippen molar-refractivity contribution in [3.05, 3.63) is 11.3 Å². The van der Waals surface area contributed by atoms with E-state index in [0.29, 0.717) is 17.9 Å². The average Bonchev–Trinajstić information content (AvgIpc) is 2.81. The molecule has 1 fully saturated rings. The van der Waals surface area contributed by atoms with Crippen LogP contribution < -0.4 is 0 Å². The molecule has 60 valence electrons. The van der Waals surface area contributed by atoms with Crippen LogP contribution in [0.1, 0.15) is 13.8 Å². The van der Waals surface area contributed by atoms with Gasteiger partial charge in [0.25, 0.3) is 0 Å². The maximum atomic E-state index is 8.47.